The summed E-state index contributed by atoms with van der Waals surface area (Å²) in [7, 11) is -0.0816. The molecule has 0 aromatic carbocycles. The minimum atomic E-state index is -1.29. The Labute approximate surface area is 185 Å². The summed E-state index contributed by atoms with van der Waals surface area (Å²) in [5, 5.41) is 5.17. The van der Waals surface area contributed by atoms with E-state index >= 15 is 0 Å². The minimum absolute atomic E-state index is 0.129. The first-order valence-corrected chi connectivity index (χ1v) is 13.9. The van der Waals surface area contributed by atoms with Crippen LogP contribution in [0.3, 0.4) is 0 Å². The third-order valence-electron chi connectivity index (χ3n) is 3.64. The Hall–Kier alpha value is -2.56. The molecule has 0 aromatic rings. The largest absolute Gasteiger partial charge is 0.466 e. The molecule has 0 aliphatic rings. The Bertz CT molecular complexity index is 640. The first-order valence-electron chi connectivity index (χ1n) is 10.2. The van der Waals surface area contributed by atoms with Gasteiger partial charge in [0.15, 0.2) is 0 Å². The second-order valence-corrected chi connectivity index (χ2v) is 14.6. The molecule has 10 nitrogen and oxygen atoms in total. The summed E-state index contributed by atoms with van der Waals surface area (Å²) in [5.41, 5.74) is -0.689. The van der Waals surface area contributed by atoms with Crippen molar-refractivity contribution in [1.82, 2.24) is 15.5 Å². The predicted octanol–water partition coefficient (Wildman–Crippen LogP) is 2.13. The second-order valence-electron chi connectivity index (χ2n) is 8.99. The van der Waals surface area contributed by atoms with Gasteiger partial charge in [-0.15, -0.1) is 0 Å². The van der Waals surface area contributed by atoms with Crippen molar-refractivity contribution in [3.8, 4) is 0 Å². The SMILES string of the molecule is COC(=O)C=CC(=O)NCCN(CCNC(=O)OCC[Si](C)(C)C)C(=O)OC(C)(C)C. The van der Waals surface area contributed by atoms with E-state index in [0.717, 1.165) is 18.2 Å². The molecular weight excluding hydrogens is 422 g/mol. The average Bonchev–Trinajstić information content (AvgIpc) is 2.62. The van der Waals surface area contributed by atoms with Crippen LogP contribution in [0.2, 0.25) is 25.7 Å². The number of methoxy groups -OCH3 is 1. The van der Waals surface area contributed by atoms with E-state index in [0.29, 0.717) is 6.61 Å². The standard InChI is InChI=1S/C20H37N3O7Si/c1-20(2,3)30-19(27)23(12-10-21-16(24)8-9-17(25)28-4)13-11-22-18(26)29-14-15-31(5,6)7/h8-9H,10-15H2,1-7H3,(H,21,24)(H,22,26). The molecule has 0 aliphatic carbocycles. The minimum Gasteiger partial charge on any atom is -0.466 e. The summed E-state index contributed by atoms with van der Waals surface area (Å²) in [5.74, 6) is -1.15. The smallest absolute Gasteiger partial charge is 0.410 e. The van der Waals surface area contributed by atoms with Crippen LogP contribution in [0.1, 0.15) is 20.8 Å². The zero-order valence-corrected chi connectivity index (χ0v) is 20.7. The van der Waals surface area contributed by atoms with Crippen LogP contribution >= 0.6 is 0 Å². The number of hydrogen-bond donors (Lipinski definition) is 2. The number of alkyl carbamates (subject to hydrolysis) is 1. The molecule has 31 heavy (non-hydrogen) atoms. The van der Waals surface area contributed by atoms with Gasteiger partial charge < -0.3 is 29.7 Å². The Morgan fingerprint density at radius 3 is 2.06 bits per heavy atom. The van der Waals surface area contributed by atoms with Crippen LogP contribution in [0.25, 0.3) is 0 Å². The summed E-state index contributed by atoms with van der Waals surface area (Å²) in [6.07, 6.45) is 0.935. The first-order chi connectivity index (χ1) is 14.2. The van der Waals surface area contributed by atoms with Gasteiger partial charge in [0, 0.05) is 46.4 Å². The van der Waals surface area contributed by atoms with Gasteiger partial charge in [-0.1, -0.05) is 19.6 Å². The van der Waals surface area contributed by atoms with E-state index in [9.17, 15) is 19.2 Å². The number of ether oxygens (including phenoxy) is 3. The molecule has 0 unspecified atom stereocenters. The van der Waals surface area contributed by atoms with Crippen molar-refractivity contribution in [1.29, 1.82) is 0 Å². The summed E-state index contributed by atoms with van der Waals surface area (Å²) >= 11 is 0. The van der Waals surface area contributed by atoms with Gasteiger partial charge in [0.2, 0.25) is 5.91 Å². The van der Waals surface area contributed by atoms with Gasteiger partial charge in [-0.3, -0.25) is 4.79 Å². The maximum Gasteiger partial charge on any atom is 0.410 e. The number of rotatable bonds is 11. The van der Waals surface area contributed by atoms with E-state index in [1.807, 2.05) is 0 Å². The average molecular weight is 460 g/mol. The molecule has 178 valence electrons. The fourth-order valence-electron chi connectivity index (χ4n) is 2.00. The Morgan fingerprint density at radius 2 is 1.55 bits per heavy atom. The number of carbonyl (C=O) groups is 4. The Morgan fingerprint density at radius 1 is 0.968 bits per heavy atom. The van der Waals surface area contributed by atoms with Crippen molar-refractivity contribution < 1.29 is 33.4 Å². The van der Waals surface area contributed by atoms with Crippen molar-refractivity contribution in [2.45, 2.75) is 52.1 Å². The highest BCUT2D eigenvalue weighted by molar-refractivity contribution is 6.76. The molecule has 0 fully saturated rings. The van der Waals surface area contributed by atoms with Crippen molar-refractivity contribution in [3.63, 3.8) is 0 Å². The second kappa shape index (κ2) is 13.7. The number of carbonyl (C=O) groups excluding carboxylic acids is 4. The van der Waals surface area contributed by atoms with Crippen LogP contribution in [-0.2, 0) is 23.8 Å². The number of amides is 3. The topological polar surface area (TPSA) is 123 Å². The predicted molar refractivity (Wildman–Crippen MR) is 119 cm³/mol. The monoisotopic (exact) mass is 459 g/mol. The number of hydrogen-bond acceptors (Lipinski definition) is 7. The van der Waals surface area contributed by atoms with Gasteiger partial charge in [-0.05, 0) is 26.8 Å². The van der Waals surface area contributed by atoms with Crippen LogP contribution in [0, 0.1) is 0 Å². The number of nitrogens with one attached hydrogen (secondary N) is 2. The van der Waals surface area contributed by atoms with Gasteiger partial charge in [0.1, 0.15) is 5.60 Å². The zero-order chi connectivity index (χ0) is 24.1. The highest BCUT2D eigenvalue weighted by Crippen LogP contribution is 2.10. The van der Waals surface area contributed by atoms with Crippen molar-refractivity contribution in [2.75, 3.05) is 39.9 Å². The third kappa shape index (κ3) is 16.9. The third-order valence-corrected chi connectivity index (χ3v) is 5.35. The normalized spacial score (nSPS) is 11.6. The molecule has 0 heterocycles. The lowest BCUT2D eigenvalue weighted by atomic mass is 10.2. The molecule has 0 rings (SSSR count). The molecule has 11 heteroatoms. The fourth-order valence-corrected chi connectivity index (χ4v) is 2.71. The van der Waals surface area contributed by atoms with Crippen LogP contribution in [0.4, 0.5) is 9.59 Å². The Kier molecular flexibility index (Phi) is 12.6. The Balaban J connectivity index is 4.59. The van der Waals surface area contributed by atoms with E-state index in [2.05, 4.69) is 35.0 Å². The lowest BCUT2D eigenvalue weighted by Crippen LogP contribution is -2.44. The van der Waals surface area contributed by atoms with Crippen molar-refractivity contribution in [3.05, 3.63) is 12.2 Å². The number of esters is 1. The summed E-state index contributed by atoms with van der Waals surface area (Å²) in [6, 6.07) is 0.870. The molecule has 2 N–H and O–H groups in total. The van der Waals surface area contributed by atoms with Crippen molar-refractivity contribution in [2.24, 2.45) is 0 Å². The van der Waals surface area contributed by atoms with Crippen molar-refractivity contribution >= 4 is 32.1 Å². The molecule has 0 atom stereocenters. The van der Waals surface area contributed by atoms with Crippen LogP contribution in [-0.4, -0.2) is 82.5 Å². The summed E-state index contributed by atoms with van der Waals surface area (Å²) < 4.78 is 14.9. The molecule has 0 radical (unpaired) electrons. The molecule has 0 spiro atoms. The van der Waals surface area contributed by atoms with E-state index in [4.69, 9.17) is 9.47 Å². The van der Waals surface area contributed by atoms with Gasteiger partial charge in [-0.25, -0.2) is 14.4 Å². The van der Waals surface area contributed by atoms with Gasteiger partial charge in [0.05, 0.1) is 13.7 Å². The molecular formula is C20H37N3O7Si. The summed E-state index contributed by atoms with van der Waals surface area (Å²) in [6.45, 7) is 12.8. The molecule has 0 saturated carbocycles. The van der Waals surface area contributed by atoms with E-state index in [1.165, 1.54) is 12.0 Å². The zero-order valence-electron chi connectivity index (χ0n) is 19.7. The van der Waals surface area contributed by atoms with E-state index in [1.54, 1.807) is 20.8 Å². The highest BCUT2D eigenvalue weighted by atomic mass is 28.3. The van der Waals surface area contributed by atoms with Gasteiger partial charge in [-0.2, -0.15) is 0 Å². The quantitative estimate of drug-likeness (QED) is 0.210. The van der Waals surface area contributed by atoms with Crippen LogP contribution < -0.4 is 10.6 Å². The molecule has 0 aliphatic heterocycles. The maximum absolute atomic E-state index is 12.4. The molecule has 3 amide bonds. The van der Waals surface area contributed by atoms with Gasteiger partial charge in [0.25, 0.3) is 0 Å². The lowest BCUT2D eigenvalue weighted by Gasteiger charge is -2.27. The van der Waals surface area contributed by atoms with Crippen LogP contribution in [0.5, 0.6) is 0 Å². The van der Waals surface area contributed by atoms with Crippen LogP contribution in [0.15, 0.2) is 12.2 Å². The maximum atomic E-state index is 12.4. The molecule has 0 saturated heterocycles. The van der Waals surface area contributed by atoms with Gasteiger partial charge >= 0.3 is 18.2 Å². The fraction of sp³-hybridized carbons (Fsp3) is 0.700. The highest BCUT2D eigenvalue weighted by Gasteiger charge is 2.22. The first kappa shape index (κ1) is 28.4. The summed E-state index contributed by atoms with van der Waals surface area (Å²) in [4.78, 5) is 48.3. The lowest BCUT2D eigenvalue weighted by molar-refractivity contribution is -0.135. The molecule has 0 aromatic heterocycles. The van der Waals surface area contributed by atoms with E-state index < -0.39 is 37.7 Å². The number of nitrogens with zero attached hydrogens (tertiary/aromatic N) is 1. The molecule has 0 bridgehead atoms. The van der Waals surface area contributed by atoms with E-state index in [-0.39, 0.29) is 26.2 Å².